The van der Waals surface area contributed by atoms with Crippen LogP contribution in [0.1, 0.15) is 58.6 Å². The second-order valence-electron chi connectivity index (χ2n) is 4.50. The molecule has 1 aromatic carbocycles. The number of hydrogen-bond donors (Lipinski definition) is 0. The summed E-state index contributed by atoms with van der Waals surface area (Å²) in [5.41, 5.74) is 5.83. The number of aryl methyl sites for hydroxylation is 1. The van der Waals surface area contributed by atoms with Gasteiger partial charge in [-0.15, -0.1) is 0 Å². The Labute approximate surface area is 120 Å². The zero-order valence-corrected chi connectivity index (χ0v) is 13.6. The maximum atomic E-state index is 2.29. The van der Waals surface area contributed by atoms with Gasteiger partial charge in [-0.25, -0.2) is 0 Å². The van der Waals surface area contributed by atoms with Crippen LogP contribution in [0.25, 0.3) is 0 Å². The van der Waals surface area contributed by atoms with E-state index in [0.717, 1.165) is 6.42 Å². The van der Waals surface area contributed by atoms with Crippen molar-refractivity contribution in [2.24, 2.45) is 0 Å². The summed E-state index contributed by atoms with van der Waals surface area (Å²) in [6, 6.07) is 8.86. The molecule has 1 aliphatic carbocycles. The zero-order valence-electron chi connectivity index (χ0n) is 13.6. The SMILES string of the molecule is CC.CC.CC1=CC=C(Cc2ccc(C)cc2)CC1. The standard InChI is InChI=1S/C15H18.2C2H6/c1-12-3-7-14(8-4-12)11-15-9-5-13(2)6-10-15;2*1-2/h3-5,7-9H,6,10-11H2,1-2H3;2*1-2H3. The van der Waals surface area contributed by atoms with E-state index in [1.807, 2.05) is 27.7 Å². The lowest BCUT2D eigenvalue weighted by molar-refractivity contribution is 0.869. The fourth-order valence-electron chi connectivity index (χ4n) is 1.90. The van der Waals surface area contributed by atoms with E-state index in [1.165, 1.54) is 29.5 Å². The molecule has 0 N–H and O–H groups in total. The van der Waals surface area contributed by atoms with Crippen LogP contribution in [0.3, 0.4) is 0 Å². The van der Waals surface area contributed by atoms with E-state index in [2.05, 4.69) is 50.3 Å². The van der Waals surface area contributed by atoms with E-state index in [0.29, 0.717) is 0 Å². The van der Waals surface area contributed by atoms with E-state index >= 15 is 0 Å². The molecular weight excluding hydrogens is 228 g/mol. The van der Waals surface area contributed by atoms with E-state index in [1.54, 1.807) is 5.57 Å². The summed E-state index contributed by atoms with van der Waals surface area (Å²) in [6.07, 6.45) is 8.13. The third kappa shape index (κ3) is 7.00. The average molecular weight is 258 g/mol. The van der Waals surface area contributed by atoms with Crippen molar-refractivity contribution in [3.05, 3.63) is 58.7 Å². The second kappa shape index (κ2) is 10.6. The first-order valence-electron chi connectivity index (χ1n) is 7.65. The first kappa shape index (κ1) is 17.7. The monoisotopic (exact) mass is 258 g/mol. The molecule has 0 heteroatoms. The van der Waals surface area contributed by atoms with Gasteiger partial charge in [-0.05, 0) is 38.7 Å². The van der Waals surface area contributed by atoms with Gasteiger partial charge in [-0.3, -0.25) is 0 Å². The van der Waals surface area contributed by atoms with Gasteiger partial charge < -0.3 is 0 Å². The highest BCUT2D eigenvalue weighted by molar-refractivity contribution is 5.30. The number of benzene rings is 1. The Bertz CT molecular complexity index is 391. The molecule has 0 bridgehead atoms. The molecular formula is C19H30. The van der Waals surface area contributed by atoms with Crippen molar-refractivity contribution in [2.75, 3.05) is 0 Å². The highest BCUT2D eigenvalue weighted by atomic mass is 14.1. The molecule has 0 unspecified atom stereocenters. The van der Waals surface area contributed by atoms with Crippen molar-refractivity contribution in [1.29, 1.82) is 0 Å². The van der Waals surface area contributed by atoms with Crippen LogP contribution in [0.2, 0.25) is 0 Å². The van der Waals surface area contributed by atoms with Gasteiger partial charge >= 0.3 is 0 Å². The number of hydrogen-bond acceptors (Lipinski definition) is 0. The zero-order chi connectivity index (χ0) is 14.7. The van der Waals surface area contributed by atoms with Crippen LogP contribution in [-0.4, -0.2) is 0 Å². The molecule has 0 fully saturated rings. The first-order valence-corrected chi connectivity index (χ1v) is 7.65. The van der Waals surface area contributed by atoms with Crippen molar-refractivity contribution >= 4 is 0 Å². The highest BCUT2D eigenvalue weighted by Crippen LogP contribution is 2.21. The number of allylic oxidation sites excluding steroid dienone is 4. The Morgan fingerprint density at radius 3 is 1.84 bits per heavy atom. The lowest BCUT2D eigenvalue weighted by atomic mass is 9.94. The topological polar surface area (TPSA) is 0 Å². The summed E-state index contributed by atoms with van der Waals surface area (Å²) >= 11 is 0. The molecule has 0 aromatic heterocycles. The molecule has 0 spiro atoms. The fourth-order valence-corrected chi connectivity index (χ4v) is 1.90. The second-order valence-corrected chi connectivity index (χ2v) is 4.50. The van der Waals surface area contributed by atoms with Crippen molar-refractivity contribution in [1.82, 2.24) is 0 Å². The van der Waals surface area contributed by atoms with E-state index in [9.17, 15) is 0 Å². The lowest BCUT2D eigenvalue weighted by Gasteiger charge is -2.12. The fraction of sp³-hybridized carbons (Fsp3) is 0.474. The van der Waals surface area contributed by atoms with Gasteiger partial charge in [-0.2, -0.15) is 0 Å². The Kier molecular flexibility index (Phi) is 9.88. The predicted octanol–water partition coefficient (Wildman–Crippen LogP) is 6.26. The van der Waals surface area contributed by atoms with Gasteiger partial charge in [0.1, 0.15) is 0 Å². The predicted molar refractivity (Wildman–Crippen MR) is 88.7 cm³/mol. The minimum absolute atomic E-state index is 1.12. The molecule has 0 radical (unpaired) electrons. The van der Waals surface area contributed by atoms with Gasteiger partial charge in [0.2, 0.25) is 0 Å². The molecule has 0 aliphatic heterocycles. The Hall–Kier alpha value is -1.30. The molecule has 0 nitrogen and oxygen atoms in total. The minimum atomic E-state index is 1.12. The molecule has 2 rings (SSSR count). The third-order valence-corrected chi connectivity index (χ3v) is 3.00. The van der Waals surface area contributed by atoms with E-state index < -0.39 is 0 Å². The Morgan fingerprint density at radius 2 is 1.37 bits per heavy atom. The molecule has 0 saturated carbocycles. The Balaban J connectivity index is 0.000000741. The first-order chi connectivity index (χ1) is 9.24. The maximum Gasteiger partial charge on any atom is -0.00639 e. The smallest absolute Gasteiger partial charge is 0.00639 e. The molecule has 19 heavy (non-hydrogen) atoms. The average Bonchev–Trinajstić information content (AvgIpc) is 2.48. The molecule has 106 valence electrons. The summed E-state index contributed by atoms with van der Waals surface area (Å²) in [6.45, 7) is 12.3. The van der Waals surface area contributed by atoms with Crippen LogP contribution in [0.4, 0.5) is 0 Å². The van der Waals surface area contributed by atoms with Crippen LogP contribution in [-0.2, 0) is 6.42 Å². The Morgan fingerprint density at radius 1 is 0.789 bits per heavy atom. The highest BCUT2D eigenvalue weighted by Gasteiger charge is 2.04. The quantitative estimate of drug-likeness (QED) is 0.587. The molecule has 0 amide bonds. The molecule has 0 atom stereocenters. The largest absolute Gasteiger partial charge is 0.0730 e. The molecule has 1 aliphatic rings. The van der Waals surface area contributed by atoms with Gasteiger partial charge in [0.15, 0.2) is 0 Å². The lowest BCUT2D eigenvalue weighted by Crippen LogP contribution is -1.95. The molecule has 0 heterocycles. The summed E-state index contributed by atoms with van der Waals surface area (Å²) in [7, 11) is 0. The summed E-state index contributed by atoms with van der Waals surface area (Å²) in [5.74, 6) is 0. The van der Waals surface area contributed by atoms with Crippen LogP contribution in [0.15, 0.2) is 47.6 Å². The van der Waals surface area contributed by atoms with Gasteiger partial charge in [0.25, 0.3) is 0 Å². The maximum absolute atomic E-state index is 2.29. The number of rotatable bonds is 2. The summed E-state index contributed by atoms with van der Waals surface area (Å²) < 4.78 is 0. The van der Waals surface area contributed by atoms with Crippen molar-refractivity contribution in [3.63, 3.8) is 0 Å². The molecule has 0 saturated heterocycles. The third-order valence-electron chi connectivity index (χ3n) is 3.00. The van der Waals surface area contributed by atoms with Gasteiger partial charge in [0, 0.05) is 0 Å². The van der Waals surface area contributed by atoms with Crippen LogP contribution in [0.5, 0.6) is 0 Å². The van der Waals surface area contributed by atoms with Gasteiger partial charge in [-0.1, -0.05) is 80.8 Å². The van der Waals surface area contributed by atoms with E-state index in [4.69, 9.17) is 0 Å². The van der Waals surface area contributed by atoms with Crippen molar-refractivity contribution in [2.45, 2.75) is 60.8 Å². The summed E-state index contributed by atoms with van der Waals surface area (Å²) in [5, 5.41) is 0. The normalized spacial score (nSPS) is 13.2. The molecule has 1 aromatic rings. The van der Waals surface area contributed by atoms with Crippen LogP contribution in [0, 0.1) is 6.92 Å². The van der Waals surface area contributed by atoms with Crippen molar-refractivity contribution < 1.29 is 0 Å². The van der Waals surface area contributed by atoms with Crippen LogP contribution < -0.4 is 0 Å². The van der Waals surface area contributed by atoms with E-state index in [-0.39, 0.29) is 0 Å². The summed E-state index contributed by atoms with van der Waals surface area (Å²) in [4.78, 5) is 0. The minimum Gasteiger partial charge on any atom is -0.0730 e. The van der Waals surface area contributed by atoms with Crippen molar-refractivity contribution in [3.8, 4) is 0 Å². The van der Waals surface area contributed by atoms with Crippen LogP contribution >= 0.6 is 0 Å². The van der Waals surface area contributed by atoms with Gasteiger partial charge in [0.05, 0.1) is 0 Å².